The van der Waals surface area contributed by atoms with Crippen LogP contribution in [0.5, 0.6) is 0 Å². The number of rotatable bonds is 8. The molecule has 0 aliphatic heterocycles. The first-order valence-corrected chi connectivity index (χ1v) is 13.6. The van der Waals surface area contributed by atoms with Crippen LogP contribution in [-0.2, 0) is 0 Å². The Kier molecular flexibility index (Phi) is 10.2. The predicted molar refractivity (Wildman–Crippen MR) is 126 cm³/mol. The van der Waals surface area contributed by atoms with Crippen LogP contribution in [-0.4, -0.2) is 32.9 Å². The Bertz CT molecular complexity index is 294. The molecule has 0 aliphatic carbocycles. The van der Waals surface area contributed by atoms with Gasteiger partial charge in [-0.2, -0.15) is 0 Å². The highest BCUT2D eigenvalue weighted by Gasteiger charge is 2.34. The van der Waals surface area contributed by atoms with Crippen LogP contribution in [0.1, 0.15) is 115 Å². The van der Waals surface area contributed by atoms with Crippen LogP contribution in [0.25, 0.3) is 0 Å². The van der Waals surface area contributed by atoms with E-state index < -0.39 is 0 Å². The zero-order valence-electron chi connectivity index (χ0n) is 19.8. The molecule has 0 nitrogen and oxygen atoms in total. The van der Waals surface area contributed by atoms with Crippen molar-refractivity contribution in [3.8, 4) is 0 Å². The molecule has 0 fully saturated rings. The van der Waals surface area contributed by atoms with E-state index in [-0.39, 0.29) is 15.8 Å². The van der Waals surface area contributed by atoms with Gasteiger partial charge in [0.05, 0.1) is 0 Å². The molecule has 0 aliphatic rings. The molecular formula is C23H50P2. The Balaban J connectivity index is 4.19. The zero-order chi connectivity index (χ0) is 20.1. The van der Waals surface area contributed by atoms with E-state index in [2.05, 4.69) is 83.1 Å². The molecule has 0 saturated carbocycles. The van der Waals surface area contributed by atoms with E-state index in [0.717, 1.165) is 0 Å². The molecule has 25 heavy (non-hydrogen) atoms. The molecular weight excluding hydrogens is 338 g/mol. The van der Waals surface area contributed by atoms with Gasteiger partial charge in [-0.1, -0.05) is 118 Å². The van der Waals surface area contributed by atoms with Crippen molar-refractivity contribution in [1.29, 1.82) is 0 Å². The fourth-order valence-electron chi connectivity index (χ4n) is 4.42. The first-order valence-electron chi connectivity index (χ1n) is 10.5. The lowest BCUT2D eigenvalue weighted by atomic mass is 10.2. The van der Waals surface area contributed by atoms with Crippen LogP contribution in [0.15, 0.2) is 0 Å². The molecule has 152 valence electrons. The minimum Gasteiger partial charge on any atom is -0.0956 e. The van der Waals surface area contributed by atoms with Crippen molar-refractivity contribution in [1.82, 2.24) is 0 Å². The van der Waals surface area contributed by atoms with Gasteiger partial charge in [-0.25, -0.2) is 0 Å². The van der Waals surface area contributed by atoms with Crippen molar-refractivity contribution in [2.45, 2.75) is 136 Å². The number of hydrogen-bond donors (Lipinski definition) is 0. The minimum absolute atomic E-state index is 0.0948. The molecule has 0 aromatic rings. The van der Waals surface area contributed by atoms with Gasteiger partial charge in [0.1, 0.15) is 0 Å². The van der Waals surface area contributed by atoms with Crippen molar-refractivity contribution in [2.75, 3.05) is 12.3 Å². The second-order valence-corrected chi connectivity index (χ2v) is 19.7. The summed E-state index contributed by atoms with van der Waals surface area (Å²) in [5.41, 5.74) is 0. The summed E-state index contributed by atoms with van der Waals surface area (Å²) in [4.78, 5) is 0. The van der Waals surface area contributed by atoms with E-state index in [0.29, 0.717) is 20.6 Å². The van der Waals surface area contributed by atoms with Crippen molar-refractivity contribution >= 4 is 15.8 Å². The van der Waals surface area contributed by atoms with Gasteiger partial charge < -0.3 is 0 Å². The maximum absolute atomic E-state index is 2.45. The maximum atomic E-state index is 2.45. The lowest BCUT2D eigenvalue weighted by molar-refractivity contribution is 0.639. The summed E-state index contributed by atoms with van der Waals surface area (Å²) in [7, 11) is 0.190. The normalized spacial score (nSPS) is 14.6. The second-order valence-electron chi connectivity index (χ2n) is 11.8. The summed E-state index contributed by atoms with van der Waals surface area (Å²) in [6, 6.07) is 0. The zero-order valence-corrected chi connectivity index (χ0v) is 21.6. The van der Waals surface area contributed by atoms with Gasteiger partial charge in [0.25, 0.3) is 0 Å². The standard InChI is InChI=1S/C23H50P2/c1-20(2,3)24(21(4,5)6)18-16-14-13-15-17-19-25(22(7,8)9)23(10,11)12/h13-19H2,1-12H3. The fraction of sp³-hybridized carbons (Fsp3) is 1.00. The molecule has 0 bridgehead atoms. The van der Waals surface area contributed by atoms with Crippen LogP contribution < -0.4 is 0 Å². The van der Waals surface area contributed by atoms with E-state index in [9.17, 15) is 0 Å². The van der Waals surface area contributed by atoms with Crippen molar-refractivity contribution in [2.24, 2.45) is 0 Å². The first kappa shape index (κ1) is 25.9. The average molecular weight is 389 g/mol. The highest BCUT2D eigenvalue weighted by Crippen LogP contribution is 2.60. The third kappa shape index (κ3) is 10.7. The summed E-state index contributed by atoms with van der Waals surface area (Å²) in [6.07, 6.45) is 10.1. The quantitative estimate of drug-likeness (QED) is 0.287. The Morgan fingerprint density at radius 2 is 0.560 bits per heavy atom. The minimum atomic E-state index is 0.0948. The van der Waals surface area contributed by atoms with E-state index in [1.165, 1.54) is 44.4 Å². The van der Waals surface area contributed by atoms with Crippen LogP contribution in [0.4, 0.5) is 0 Å². The lowest BCUT2D eigenvalue weighted by Crippen LogP contribution is -2.26. The molecule has 0 heterocycles. The highest BCUT2D eigenvalue weighted by atomic mass is 31.1. The monoisotopic (exact) mass is 388 g/mol. The van der Waals surface area contributed by atoms with Crippen LogP contribution in [0.3, 0.4) is 0 Å². The summed E-state index contributed by atoms with van der Waals surface area (Å²) < 4.78 is 0. The van der Waals surface area contributed by atoms with Crippen molar-refractivity contribution in [3.63, 3.8) is 0 Å². The lowest BCUT2D eigenvalue weighted by Gasteiger charge is -2.42. The van der Waals surface area contributed by atoms with Crippen LogP contribution >= 0.6 is 15.8 Å². The topological polar surface area (TPSA) is 0 Å². The molecule has 0 rings (SSSR count). The van der Waals surface area contributed by atoms with E-state index in [4.69, 9.17) is 0 Å². The van der Waals surface area contributed by atoms with Gasteiger partial charge in [0.15, 0.2) is 0 Å². The van der Waals surface area contributed by atoms with Gasteiger partial charge in [-0.3, -0.25) is 0 Å². The molecule has 0 unspecified atom stereocenters. The summed E-state index contributed by atoms with van der Waals surface area (Å²) >= 11 is 0. The van der Waals surface area contributed by atoms with Crippen molar-refractivity contribution < 1.29 is 0 Å². The van der Waals surface area contributed by atoms with Gasteiger partial charge in [-0.05, 0) is 45.8 Å². The molecule has 2 heteroatoms. The Morgan fingerprint density at radius 3 is 0.760 bits per heavy atom. The predicted octanol–water partition coefficient (Wildman–Crippen LogP) is 9.09. The fourth-order valence-corrected chi connectivity index (χ4v) is 12.2. The van der Waals surface area contributed by atoms with Gasteiger partial charge in [0, 0.05) is 0 Å². The van der Waals surface area contributed by atoms with Gasteiger partial charge >= 0.3 is 0 Å². The smallest absolute Gasteiger partial charge is 0.0175 e. The maximum Gasteiger partial charge on any atom is -0.0175 e. The molecule has 0 N–H and O–H groups in total. The molecule has 0 spiro atoms. The van der Waals surface area contributed by atoms with E-state index in [1.54, 1.807) is 0 Å². The van der Waals surface area contributed by atoms with Crippen LogP contribution in [0.2, 0.25) is 0 Å². The van der Waals surface area contributed by atoms with Crippen molar-refractivity contribution in [3.05, 3.63) is 0 Å². The highest BCUT2D eigenvalue weighted by molar-refractivity contribution is 7.61. The average Bonchev–Trinajstić information content (AvgIpc) is 2.30. The third-order valence-corrected chi connectivity index (χ3v) is 13.0. The third-order valence-electron chi connectivity index (χ3n) is 5.00. The number of unbranched alkanes of at least 4 members (excludes halogenated alkanes) is 4. The van der Waals surface area contributed by atoms with Gasteiger partial charge in [-0.15, -0.1) is 0 Å². The number of hydrogen-bond acceptors (Lipinski definition) is 0. The Morgan fingerprint density at radius 1 is 0.360 bits per heavy atom. The molecule has 0 radical (unpaired) electrons. The molecule has 0 aromatic heterocycles. The Labute approximate surface area is 164 Å². The molecule has 0 saturated heterocycles. The van der Waals surface area contributed by atoms with E-state index >= 15 is 0 Å². The Hall–Kier alpha value is 0.860. The second kappa shape index (κ2) is 9.87. The SMILES string of the molecule is CC(C)(C)P(CCCCCCCP(C(C)(C)C)C(C)(C)C)C(C)(C)C. The first-order chi connectivity index (χ1) is 11.0. The molecule has 0 aromatic carbocycles. The molecule has 0 atom stereocenters. The summed E-state index contributed by atoms with van der Waals surface area (Å²) in [5.74, 6) is 0. The largest absolute Gasteiger partial charge is 0.0956 e. The summed E-state index contributed by atoms with van der Waals surface area (Å²) in [5, 5.41) is 1.96. The van der Waals surface area contributed by atoms with Gasteiger partial charge in [0.2, 0.25) is 0 Å². The molecule has 0 amide bonds. The summed E-state index contributed by atoms with van der Waals surface area (Å²) in [6.45, 7) is 29.4. The van der Waals surface area contributed by atoms with E-state index in [1.807, 2.05) is 0 Å². The van der Waals surface area contributed by atoms with Crippen LogP contribution in [0, 0.1) is 0 Å².